The van der Waals surface area contributed by atoms with Crippen molar-refractivity contribution in [2.45, 2.75) is 26.4 Å². The molecule has 1 heterocycles. The van der Waals surface area contributed by atoms with Gasteiger partial charge in [-0.25, -0.2) is 10.3 Å². The fourth-order valence-electron chi connectivity index (χ4n) is 2.14. The molecular weight excluding hydrogens is 272 g/mol. The first-order valence-electron chi connectivity index (χ1n) is 6.72. The Morgan fingerprint density at radius 2 is 1.90 bits per heavy atom. The maximum atomic E-state index is 3.40. The van der Waals surface area contributed by atoms with E-state index in [4.69, 9.17) is 0 Å². The smallest absolute Gasteiger partial charge is 0.273 e. The Labute approximate surface area is 127 Å². The third kappa shape index (κ3) is 3.52. The molecule has 2 N–H and O–H groups in total. The molecule has 2 rings (SSSR count). The molecule has 110 valence electrons. The van der Waals surface area contributed by atoms with Crippen molar-refractivity contribution < 1.29 is 17.1 Å². The topological polar surface area (TPSA) is 30.3 Å². The molecule has 0 amide bonds. The zero-order chi connectivity index (χ0) is 13.8. The minimum atomic E-state index is 0. The highest BCUT2D eigenvalue weighted by Gasteiger charge is 2.24. The number of hydrogen-bond acceptors (Lipinski definition) is 3. The maximum Gasteiger partial charge on any atom is 0.273 e. The lowest BCUT2D eigenvalue weighted by atomic mass is 10.2. The van der Waals surface area contributed by atoms with Gasteiger partial charge in [0.25, 0.3) is 5.84 Å². The first-order valence-corrected chi connectivity index (χ1v) is 6.72. The molecule has 0 fully saturated rings. The molecule has 0 aliphatic carbocycles. The predicted molar refractivity (Wildman–Crippen MR) is 80.1 cm³/mol. The van der Waals surface area contributed by atoms with E-state index in [2.05, 4.69) is 73.1 Å². The molecule has 0 aromatic heterocycles. The van der Waals surface area contributed by atoms with Crippen LogP contribution in [-0.4, -0.2) is 35.7 Å². The number of hydrazone groups is 1. The van der Waals surface area contributed by atoms with Crippen LogP contribution in [0.5, 0.6) is 0 Å². The monoisotopic (exact) mass is 294 g/mol. The number of rotatable bonds is 4. The molecule has 1 aromatic rings. The summed E-state index contributed by atoms with van der Waals surface area (Å²) < 4.78 is 2.04. The molecule has 0 saturated carbocycles. The molecule has 0 saturated heterocycles. The minimum absolute atomic E-state index is 0. The summed E-state index contributed by atoms with van der Waals surface area (Å²) in [6, 6.07) is 8.55. The van der Waals surface area contributed by atoms with Crippen LogP contribution in [0.25, 0.3) is 0 Å². The average Bonchev–Trinajstić information content (AvgIpc) is 2.45. The molecule has 1 aromatic carbocycles. The Kier molecular flexibility index (Phi) is 6.05. The second-order valence-electron chi connectivity index (χ2n) is 4.77. The number of halogens is 1. The van der Waals surface area contributed by atoms with E-state index in [1.807, 2.05) is 11.7 Å². The van der Waals surface area contributed by atoms with Gasteiger partial charge in [-0.05, 0) is 31.2 Å². The summed E-state index contributed by atoms with van der Waals surface area (Å²) in [5.74, 6) is 1.15. The average molecular weight is 295 g/mol. The molecule has 20 heavy (non-hydrogen) atoms. The van der Waals surface area contributed by atoms with Gasteiger partial charge >= 0.3 is 0 Å². The summed E-state index contributed by atoms with van der Waals surface area (Å²) in [7, 11) is 4.04. The number of anilines is 1. The number of aryl methyl sites for hydroxylation is 1. The Morgan fingerprint density at radius 3 is 2.45 bits per heavy atom. The Hall–Kier alpha value is -1.52. The Balaban J connectivity index is 0.00000200. The van der Waals surface area contributed by atoms with Crippen LogP contribution in [0.4, 0.5) is 5.69 Å². The van der Waals surface area contributed by atoms with E-state index in [0.29, 0.717) is 0 Å². The summed E-state index contributed by atoms with van der Waals surface area (Å²) in [4.78, 5) is 2.19. The van der Waals surface area contributed by atoms with Crippen LogP contribution in [0, 0.1) is 0 Å². The summed E-state index contributed by atoms with van der Waals surface area (Å²) in [6.45, 7) is 4.27. The van der Waals surface area contributed by atoms with E-state index in [1.165, 1.54) is 5.56 Å². The van der Waals surface area contributed by atoms with E-state index in [-0.39, 0.29) is 18.6 Å². The highest BCUT2D eigenvalue weighted by Crippen LogP contribution is 2.12. The van der Waals surface area contributed by atoms with Gasteiger partial charge in [-0.3, -0.25) is 5.32 Å². The molecule has 1 aliphatic rings. The third-order valence-electron chi connectivity index (χ3n) is 3.60. The predicted octanol–water partition coefficient (Wildman–Crippen LogP) is -0.985. The number of nitrogens with one attached hydrogen (secondary N) is 2. The number of hydrazine groups is 1. The number of amidine groups is 1. The lowest BCUT2D eigenvalue weighted by molar-refractivity contribution is -0.432. The summed E-state index contributed by atoms with van der Waals surface area (Å²) >= 11 is 0. The van der Waals surface area contributed by atoms with Gasteiger partial charge in [0.15, 0.2) is 6.17 Å². The van der Waals surface area contributed by atoms with Crippen molar-refractivity contribution in [3.63, 3.8) is 0 Å². The van der Waals surface area contributed by atoms with Gasteiger partial charge in [0.05, 0.1) is 12.7 Å². The first-order chi connectivity index (χ1) is 9.15. The summed E-state index contributed by atoms with van der Waals surface area (Å²) in [6.07, 6.45) is 5.51. The summed E-state index contributed by atoms with van der Waals surface area (Å²) in [5.41, 5.74) is 5.85. The summed E-state index contributed by atoms with van der Waals surface area (Å²) in [5, 5.41) is 3.25. The molecule has 4 nitrogen and oxygen atoms in total. The number of hydrogen-bond donors (Lipinski definition) is 2. The van der Waals surface area contributed by atoms with Crippen LogP contribution in [-0.2, 0) is 6.42 Å². The highest BCUT2D eigenvalue weighted by atomic mass is 35.5. The second kappa shape index (κ2) is 7.31. The lowest BCUT2D eigenvalue weighted by Crippen LogP contribution is -3.00. The molecule has 1 aliphatic heterocycles. The van der Waals surface area contributed by atoms with Crippen molar-refractivity contribution >= 4 is 11.5 Å². The Morgan fingerprint density at radius 1 is 1.25 bits per heavy atom. The van der Waals surface area contributed by atoms with E-state index in [0.717, 1.165) is 17.9 Å². The number of likely N-dealkylation sites (N-methyl/N-ethyl adjacent to an activating group) is 2. The fourth-order valence-corrected chi connectivity index (χ4v) is 2.14. The largest absolute Gasteiger partial charge is 1.00 e. The molecule has 0 radical (unpaired) electrons. The molecule has 0 bridgehead atoms. The van der Waals surface area contributed by atoms with Crippen LogP contribution >= 0.6 is 0 Å². The minimum Gasteiger partial charge on any atom is -1.00 e. The van der Waals surface area contributed by atoms with Crippen LogP contribution < -0.4 is 23.1 Å². The van der Waals surface area contributed by atoms with Gasteiger partial charge in [0.1, 0.15) is 6.20 Å². The quantitative estimate of drug-likeness (QED) is 0.700. The van der Waals surface area contributed by atoms with Crippen molar-refractivity contribution in [2.24, 2.45) is 0 Å². The van der Waals surface area contributed by atoms with Gasteiger partial charge in [0, 0.05) is 13.0 Å². The number of benzene rings is 1. The highest BCUT2D eigenvalue weighted by molar-refractivity contribution is 5.76. The van der Waals surface area contributed by atoms with Crippen LogP contribution in [0.1, 0.15) is 19.4 Å². The lowest BCUT2D eigenvalue weighted by Gasteiger charge is -2.25. The van der Waals surface area contributed by atoms with Crippen LogP contribution in [0.3, 0.4) is 0 Å². The van der Waals surface area contributed by atoms with E-state index < -0.39 is 0 Å². The van der Waals surface area contributed by atoms with Crippen molar-refractivity contribution in [1.82, 2.24) is 10.2 Å². The number of nitrogens with zero attached hydrogens (tertiary/aromatic N) is 2. The first kappa shape index (κ1) is 16.5. The normalized spacial score (nSPS) is 18.0. The van der Waals surface area contributed by atoms with Gasteiger partial charge in [-0.15, -0.1) is 4.68 Å². The van der Waals surface area contributed by atoms with Gasteiger partial charge in [0.2, 0.25) is 0 Å². The standard InChI is InChI=1S/C15H23N4.ClH/c1-5-13-6-8-14(9-7-13)17-19-11-10-15(16-3)18(4)12(19)2;/h6-11,15-17H,5H2,1-4H3;1H/q+1;/p-1. The van der Waals surface area contributed by atoms with Crippen LogP contribution in [0.15, 0.2) is 36.5 Å². The third-order valence-corrected chi connectivity index (χ3v) is 3.60. The van der Waals surface area contributed by atoms with Crippen molar-refractivity contribution in [1.29, 1.82) is 0 Å². The molecule has 5 heteroatoms. The van der Waals surface area contributed by atoms with Gasteiger partial charge < -0.3 is 12.4 Å². The van der Waals surface area contributed by atoms with Gasteiger partial charge in [-0.2, -0.15) is 0 Å². The zero-order valence-electron chi connectivity index (χ0n) is 12.5. The van der Waals surface area contributed by atoms with E-state index in [1.54, 1.807) is 0 Å². The van der Waals surface area contributed by atoms with Crippen LogP contribution in [0.2, 0.25) is 0 Å². The Bertz CT molecular complexity index is 493. The fraction of sp³-hybridized carbons (Fsp3) is 0.400. The van der Waals surface area contributed by atoms with Crippen molar-refractivity contribution in [3.05, 3.63) is 42.1 Å². The van der Waals surface area contributed by atoms with Crippen molar-refractivity contribution in [2.75, 3.05) is 19.5 Å². The molecule has 1 atom stereocenters. The zero-order valence-corrected chi connectivity index (χ0v) is 13.3. The second-order valence-corrected chi connectivity index (χ2v) is 4.77. The SMILES string of the molecule is CCc1ccc(N[N+]2=C(C)N(C)C(NC)C=C2)cc1.[Cl-]. The van der Waals surface area contributed by atoms with Gasteiger partial charge in [-0.1, -0.05) is 19.1 Å². The molecular formula is C15H23ClN4. The van der Waals surface area contributed by atoms with Crippen molar-refractivity contribution in [3.8, 4) is 0 Å². The molecule has 1 unspecified atom stereocenters. The van der Waals surface area contributed by atoms with E-state index >= 15 is 0 Å². The van der Waals surface area contributed by atoms with E-state index in [9.17, 15) is 0 Å². The maximum absolute atomic E-state index is 3.40. The molecule has 0 spiro atoms.